The smallest absolute Gasteiger partial charge is 0.256 e. The predicted molar refractivity (Wildman–Crippen MR) is 127 cm³/mol. The van der Waals surface area contributed by atoms with Gasteiger partial charge >= 0.3 is 0 Å². The molecule has 31 heavy (non-hydrogen) atoms. The van der Waals surface area contributed by atoms with Gasteiger partial charge in [0.05, 0.1) is 11.6 Å². The lowest BCUT2D eigenvalue weighted by molar-refractivity contribution is 0.0940. The number of thiophene rings is 1. The molecule has 4 nitrogen and oxygen atoms in total. The Morgan fingerprint density at radius 3 is 2.48 bits per heavy atom. The van der Waals surface area contributed by atoms with E-state index < -0.39 is 0 Å². The van der Waals surface area contributed by atoms with Gasteiger partial charge < -0.3 is 10.6 Å². The second-order valence-electron chi connectivity index (χ2n) is 8.43. The fraction of sp³-hybridized carbons (Fsp3) is 0.308. The van der Waals surface area contributed by atoms with Gasteiger partial charge in [-0.2, -0.15) is 0 Å². The summed E-state index contributed by atoms with van der Waals surface area (Å²) in [5.41, 5.74) is 4.33. The van der Waals surface area contributed by atoms with Crippen molar-refractivity contribution in [3.05, 3.63) is 87.3 Å². The van der Waals surface area contributed by atoms with Gasteiger partial charge in [-0.15, -0.1) is 11.3 Å². The molecule has 2 atom stereocenters. The van der Waals surface area contributed by atoms with Crippen LogP contribution in [0.25, 0.3) is 0 Å². The van der Waals surface area contributed by atoms with Gasteiger partial charge in [-0.3, -0.25) is 9.59 Å². The van der Waals surface area contributed by atoms with E-state index in [0.29, 0.717) is 22.0 Å². The van der Waals surface area contributed by atoms with E-state index in [1.54, 1.807) is 11.3 Å². The fourth-order valence-electron chi connectivity index (χ4n) is 4.17. The van der Waals surface area contributed by atoms with Gasteiger partial charge in [0.15, 0.2) is 0 Å². The Kier molecular flexibility index (Phi) is 6.23. The Hall–Kier alpha value is -2.92. The van der Waals surface area contributed by atoms with Gasteiger partial charge in [0.25, 0.3) is 11.8 Å². The van der Waals surface area contributed by atoms with Crippen molar-refractivity contribution in [2.24, 2.45) is 5.92 Å². The third kappa shape index (κ3) is 4.57. The normalized spacial score (nSPS) is 16.3. The van der Waals surface area contributed by atoms with Gasteiger partial charge in [-0.05, 0) is 61.8 Å². The zero-order valence-corrected chi connectivity index (χ0v) is 19.0. The Labute approximate surface area is 187 Å². The molecule has 160 valence electrons. The molecule has 1 aliphatic carbocycles. The van der Waals surface area contributed by atoms with Gasteiger partial charge in [-0.25, -0.2) is 0 Å². The molecule has 1 heterocycles. The molecule has 2 amide bonds. The van der Waals surface area contributed by atoms with E-state index in [4.69, 9.17) is 0 Å². The number of fused-ring (bicyclic) bond motifs is 1. The van der Waals surface area contributed by atoms with Crippen LogP contribution in [-0.2, 0) is 12.8 Å². The average Bonchev–Trinajstić information content (AvgIpc) is 3.11. The number of hydrogen-bond donors (Lipinski definition) is 2. The molecule has 0 saturated heterocycles. The van der Waals surface area contributed by atoms with E-state index in [-0.39, 0.29) is 17.9 Å². The summed E-state index contributed by atoms with van der Waals surface area (Å²) in [6.07, 6.45) is 2.88. The maximum atomic E-state index is 13.4. The number of carbonyl (C=O) groups excluding carboxylic acids is 2. The van der Waals surface area contributed by atoms with Crippen molar-refractivity contribution < 1.29 is 9.59 Å². The van der Waals surface area contributed by atoms with Gasteiger partial charge in [0.1, 0.15) is 5.00 Å². The first-order chi connectivity index (χ1) is 14.9. The molecule has 5 heteroatoms. The summed E-state index contributed by atoms with van der Waals surface area (Å²) < 4.78 is 0. The van der Waals surface area contributed by atoms with Crippen LogP contribution >= 0.6 is 11.3 Å². The molecular weight excluding hydrogens is 404 g/mol. The van der Waals surface area contributed by atoms with Crippen LogP contribution < -0.4 is 10.6 Å². The molecule has 1 aromatic heterocycles. The first-order valence-electron chi connectivity index (χ1n) is 10.8. The third-order valence-corrected chi connectivity index (χ3v) is 7.17. The van der Waals surface area contributed by atoms with Crippen LogP contribution in [0.3, 0.4) is 0 Å². The molecule has 0 spiro atoms. The van der Waals surface area contributed by atoms with E-state index in [0.717, 1.165) is 36.0 Å². The van der Waals surface area contributed by atoms with Crippen LogP contribution in [0.2, 0.25) is 0 Å². The van der Waals surface area contributed by atoms with Crippen molar-refractivity contribution in [1.82, 2.24) is 5.32 Å². The zero-order chi connectivity index (χ0) is 22.0. The van der Waals surface area contributed by atoms with Crippen molar-refractivity contribution in [3.8, 4) is 0 Å². The van der Waals surface area contributed by atoms with Gasteiger partial charge in [-0.1, -0.05) is 55.5 Å². The van der Waals surface area contributed by atoms with Gasteiger partial charge in [0.2, 0.25) is 0 Å². The Bertz CT molecular complexity index is 1100. The Balaban J connectivity index is 1.65. The molecule has 0 radical (unpaired) electrons. The maximum absolute atomic E-state index is 13.4. The quantitative estimate of drug-likeness (QED) is 0.525. The molecule has 0 aliphatic heterocycles. The number of aryl methyl sites for hydroxylation is 1. The van der Waals surface area contributed by atoms with Crippen molar-refractivity contribution in [1.29, 1.82) is 0 Å². The largest absolute Gasteiger partial charge is 0.345 e. The number of hydrogen-bond acceptors (Lipinski definition) is 3. The third-order valence-electron chi connectivity index (χ3n) is 6.00. The summed E-state index contributed by atoms with van der Waals surface area (Å²) >= 11 is 1.55. The summed E-state index contributed by atoms with van der Waals surface area (Å²) in [6, 6.07) is 17.3. The summed E-state index contributed by atoms with van der Waals surface area (Å²) in [5, 5.41) is 6.85. The molecule has 4 rings (SSSR count). The zero-order valence-electron chi connectivity index (χ0n) is 18.2. The Morgan fingerprint density at radius 1 is 1.03 bits per heavy atom. The lowest BCUT2D eigenvalue weighted by atomic mass is 9.88. The second-order valence-corrected chi connectivity index (χ2v) is 9.54. The van der Waals surface area contributed by atoms with Crippen LogP contribution in [0, 0.1) is 12.8 Å². The van der Waals surface area contributed by atoms with Crippen LogP contribution in [-0.4, -0.2) is 11.8 Å². The summed E-state index contributed by atoms with van der Waals surface area (Å²) in [4.78, 5) is 27.6. The molecule has 1 aliphatic rings. The minimum absolute atomic E-state index is 0.119. The lowest BCUT2D eigenvalue weighted by Gasteiger charge is -2.20. The highest BCUT2D eigenvalue weighted by molar-refractivity contribution is 7.17. The topological polar surface area (TPSA) is 58.2 Å². The van der Waals surface area contributed by atoms with Crippen LogP contribution in [0.15, 0.2) is 54.6 Å². The molecule has 2 aromatic carbocycles. The standard InChI is InChI=1S/C26H28N2O2S/c1-16-13-14-21-22(15-16)31-26(28-24(29)20-12-8-7-9-17(20)2)23(21)25(30)27-18(3)19-10-5-4-6-11-19/h4-12,16,18H,13-15H2,1-3H3,(H,27,30)(H,28,29). The van der Waals surface area contributed by atoms with E-state index in [1.807, 2.05) is 68.4 Å². The minimum atomic E-state index is -0.171. The lowest BCUT2D eigenvalue weighted by Crippen LogP contribution is -2.28. The highest BCUT2D eigenvalue weighted by Gasteiger charge is 2.29. The molecule has 2 N–H and O–H groups in total. The van der Waals surface area contributed by atoms with E-state index in [2.05, 4.69) is 17.6 Å². The first-order valence-corrected chi connectivity index (χ1v) is 11.6. The van der Waals surface area contributed by atoms with E-state index in [9.17, 15) is 9.59 Å². The average molecular weight is 433 g/mol. The second kappa shape index (κ2) is 9.06. The first kappa shape index (κ1) is 21.3. The van der Waals surface area contributed by atoms with Crippen molar-refractivity contribution >= 4 is 28.2 Å². The molecule has 0 fully saturated rings. The summed E-state index contributed by atoms with van der Waals surface area (Å²) in [7, 11) is 0. The molecule has 0 saturated carbocycles. The predicted octanol–water partition coefficient (Wildman–Crippen LogP) is 5.92. The minimum Gasteiger partial charge on any atom is -0.345 e. The van der Waals surface area contributed by atoms with E-state index in [1.165, 1.54) is 4.88 Å². The SMILES string of the molecule is Cc1ccccc1C(=O)Nc1sc2c(c1C(=O)NC(C)c1ccccc1)CCC(C)C2. The highest BCUT2D eigenvalue weighted by Crippen LogP contribution is 2.40. The van der Waals surface area contributed by atoms with Gasteiger partial charge in [0, 0.05) is 10.4 Å². The number of nitrogens with one attached hydrogen (secondary N) is 2. The number of carbonyl (C=O) groups is 2. The number of benzene rings is 2. The van der Waals surface area contributed by atoms with Crippen LogP contribution in [0.5, 0.6) is 0 Å². The molecule has 0 bridgehead atoms. The summed E-state index contributed by atoms with van der Waals surface area (Å²) in [6.45, 7) is 6.15. The van der Waals surface area contributed by atoms with E-state index >= 15 is 0 Å². The highest BCUT2D eigenvalue weighted by atomic mass is 32.1. The fourth-order valence-corrected chi connectivity index (χ4v) is 5.57. The molecular formula is C26H28N2O2S. The Morgan fingerprint density at radius 2 is 1.74 bits per heavy atom. The number of rotatable bonds is 5. The van der Waals surface area contributed by atoms with Crippen molar-refractivity contribution in [2.45, 2.75) is 46.1 Å². The van der Waals surface area contributed by atoms with Crippen LogP contribution in [0.4, 0.5) is 5.00 Å². The summed E-state index contributed by atoms with van der Waals surface area (Å²) in [5.74, 6) is 0.295. The van der Waals surface area contributed by atoms with Crippen LogP contribution in [0.1, 0.15) is 68.6 Å². The molecule has 3 aromatic rings. The number of anilines is 1. The van der Waals surface area contributed by atoms with Crippen molar-refractivity contribution in [2.75, 3.05) is 5.32 Å². The molecule has 2 unspecified atom stereocenters. The van der Waals surface area contributed by atoms with Crippen molar-refractivity contribution in [3.63, 3.8) is 0 Å². The maximum Gasteiger partial charge on any atom is 0.256 e. The monoisotopic (exact) mass is 432 g/mol. The number of amides is 2.